The molecule has 0 aromatic carbocycles. The molecule has 0 spiro atoms. The van der Waals surface area contributed by atoms with Crippen LogP contribution in [0.5, 0.6) is 0 Å². The summed E-state index contributed by atoms with van der Waals surface area (Å²) in [5.41, 5.74) is 5.87. The second-order valence-corrected chi connectivity index (χ2v) is 11.5. The van der Waals surface area contributed by atoms with E-state index in [9.17, 15) is 0 Å². The second kappa shape index (κ2) is 4.76. The molecular formula is C14H25AsClN. The van der Waals surface area contributed by atoms with E-state index in [1.165, 1.54) is 22.3 Å². The van der Waals surface area contributed by atoms with E-state index in [-0.39, 0.29) is 9.74 Å². The van der Waals surface area contributed by atoms with Crippen LogP contribution in [0.4, 0.5) is 0 Å². The van der Waals surface area contributed by atoms with Gasteiger partial charge in [-0.25, -0.2) is 0 Å². The molecule has 17 heavy (non-hydrogen) atoms. The molecule has 1 atom stereocenters. The Hall–Kier alpha value is 0.288. The maximum atomic E-state index is 6.80. The molecule has 1 aliphatic carbocycles. The molecule has 0 aliphatic heterocycles. The van der Waals surface area contributed by atoms with Crippen LogP contribution in [0.15, 0.2) is 22.3 Å². The van der Waals surface area contributed by atoms with Crippen molar-refractivity contribution >= 4 is 23.9 Å². The Morgan fingerprint density at radius 1 is 1.00 bits per heavy atom. The Morgan fingerprint density at radius 3 is 1.65 bits per heavy atom. The van der Waals surface area contributed by atoms with E-state index in [4.69, 9.17) is 9.95 Å². The van der Waals surface area contributed by atoms with Crippen molar-refractivity contribution in [3.8, 4) is 0 Å². The summed E-state index contributed by atoms with van der Waals surface area (Å²) in [7, 11) is 6.80. The molecule has 1 aliphatic rings. The number of hydrogen-bond donors (Lipinski definition) is 1. The summed E-state index contributed by atoms with van der Waals surface area (Å²) >= 11 is -1.66. The van der Waals surface area contributed by atoms with Crippen LogP contribution in [-0.2, 0) is 0 Å². The third-order valence-corrected chi connectivity index (χ3v) is 11.0. The Morgan fingerprint density at radius 2 is 1.35 bits per heavy atom. The number of halogens is 1. The first-order valence-corrected chi connectivity index (χ1v) is 10.5. The fourth-order valence-electron chi connectivity index (χ4n) is 2.27. The molecule has 0 fully saturated rings. The fraction of sp³-hybridized carbons (Fsp3) is 0.714. The molecule has 0 saturated carbocycles. The van der Waals surface area contributed by atoms with Gasteiger partial charge in [0.05, 0.1) is 0 Å². The summed E-state index contributed by atoms with van der Waals surface area (Å²) in [6.07, 6.45) is 0. The first-order chi connectivity index (χ1) is 7.51. The average molecular weight is 318 g/mol. The maximum absolute atomic E-state index is 6.80. The summed E-state index contributed by atoms with van der Waals surface area (Å²) in [5.74, 6) is 0. The van der Waals surface area contributed by atoms with Crippen LogP contribution in [-0.4, -0.2) is 19.5 Å². The van der Waals surface area contributed by atoms with Crippen LogP contribution in [0.25, 0.3) is 0 Å². The third-order valence-electron chi connectivity index (χ3n) is 3.97. The molecule has 98 valence electrons. The molecule has 0 amide bonds. The van der Waals surface area contributed by atoms with E-state index in [2.05, 4.69) is 59.6 Å². The zero-order valence-electron chi connectivity index (χ0n) is 12.3. The third kappa shape index (κ3) is 2.67. The van der Waals surface area contributed by atoms with Gasteiger partial charge in [-0.2, -0.15) is 0 Å². The van der Waals surface area contributed by atoms with Crippen molar-refractivity contribution in [2.45, 2.75) is 65.1 Å². The fourth-order valence-corrected chi connectivity index (χ4v) is 8.55. The van der Waals surface area contributed by atoms with Crippen LogP contribution in [0.3, 0.4) is 0 Å². The van der Waals surface area contributed by atoms with Gasteiger partial charge in [0, 0.05) is 0 Å². The van der Waals surface area contributed by atoms with Crippen molar-refractivity contribution < 1.29 is 0 Å². The zero-order chi connectivity index (χ0) is 13.6. The summed E-state index contributed by atoms with van der Waals surface area (Å²) in [6, 6.07) is 0. The topological polar surface area (TPSA) is 12.0 Å². The molecule has 0 heterocycles. The van der Waals surface area contributed by atoms with Crippen LogP contribution in [0.1, 0.15) is 55.4 Å². The Bertz CT molecular complexity index is 364. The van der Waals surface area contributed by atoms with Crippen molar-refractivity contribution in [3.63, 3.8) is 0 Å². The molecule has 1 nitrogen and oxygen atoms in total. The minimum atomic E-state index is -1.66. The van der Waals surface area contributed by atoms with Gasteiger partial charge in [0.2, 0.25) is 0 Å². The van der Waals surface area contributed by atoms with E-state index in [1.807, 2.05) is 0 Å². The molecule has 1 rings (SSSR count). The number of allylic oxidation sites excluding steroid dienone is 4. The molecule has 0 saturated heterocycles. The summed E-state index contributed by atoms with van der Waals surface area (Å²) in [5, 5.41) is 0. The molecule has 3 heteroatoms. The van der Waals surface area contributed by atoms with Crippen molar-refractivity contribution in [3.05, 3.63) is 22.3 Å². The van der Waals surface area contributed by atoms with E-state index < -0.39 is 13.9 Å². The van der Waals surface area contributed by atoms with Crippen LogP contribution < -0.4 is 4.23 Å². The van der Waals surface area contributed by atoms with Gasteiger partial charge in [-0.3, -0.25) is 0 Å². The molecule has 0 aromatic heterocycles. The van der Waals surface area contributed by atoms with Gasteiger partial charge in [0.15, 0.2) is 0 Å². The monoisotopic (exact) mass is 317 g/mol. The number of rotatable bonds is 2. The average Bonchev–Trinajstić information content (AvgIpc) is 2.33. The SMILES string of the molecule is CC1=C(C)C(C)([As](Cl)NC(C)(C)C)C(C)=C1C. The van der Waals surface area contributed by atoms with Crippen molar-refractivity contribution in [1.82, 2.24) is 4.23 Å². The van der Waals surface area contributed by atoms with Crippen LogP contribution >= 0.6 is 9.95 Å². The number of hydrogen-bond acceptors (Lipinski definition) is 1. The molecule has 0 bridgehead atoms. The van der Waals surface area contributed by atoms with Crippen molar-refractivity contribution in [1.29, 1.82) is 0 Å². The first-order valence-electron chi connectivity index (χ1n) is 6.12. The second-order valence-electron chi connectivity index (χ2n) is 6.21. The molecular weight excluding hydrogens is 293 g/mol. The van der Waals surface area contributed by atoms with Gasteiger partial charge in [-0.05, 0) is 0 Å². The zero-order valence-corrected chi connectivity index (χ0v) is 15.0. The predicted octanol–water partition coefficient (Wildman–Crippen LogP) is 4.55. The molecule has 1 unspecified atom stereocenters. The van der Waals surface area contributed by atoms with E-state index >= 15 is 0 Å². The summed E-state index contributed by atoms with van der Waals surface area (Å²) < 4.78 is 3.73. The normalized spacial score (nSPS) is 22.4. The standard InChI is InChI=1S/C14H25AsClN/c1-9-10(2)12(4)14(8,11(9)3)15(16)17-13(5,6)7/h17H,1-8H3. The predicted molar refractivity (Wildman–Crippen MR) is 79.6 cm³/mol. The quantitative estimate of drug-likeness (QED) is 0.737. The number of nitrogens with one attached hydrogen (secondary N) is 1. The van der Waals surface area contributed by atoms with Gasteiger partial charge in [0.25, 0.3) is 0 Å². The van der Waals surface area contributed by atoms with Gasteiger partial charge in [0.1, 0.15) is 0 Å². The van der Waals surface area contributed by atoms with Crippen LogP contribution in [0, 0.1) is 0 Å². The molecule has 0 radical (unpaired) electrons. The Kier molecular flexibility index (Phi) is 4.29. The summed E-state index contributed by atoms with van der Waals surface area (Å²) in [6.45, 7) is 17.8. The Balaban J connectivity index is 3.13. The van der Waals surface area contributed by atoms with Gasteiger partial charge < -0.3 is 0 Å². The molecule has 1 N–H and O–H groups in total. The van der Waals surface area contributed by atoms with Gasteiger partial charge in [-0.1, -0.05) is 0 Å². The Labute approximate surface area is 115 Å². The van der Waals surface area contributed by atoms with E-state index in [1.54, 1.807) is 0 Å². The first kappa shape index (κ1) is 15.3. The van der Waals surface area contributed by atoms with E-state index in [0.29, 0.717) is 0 Å². The van der Waals surface area contributed by atoms with Crippen molar-refractivity contribution in [2.24, 2.45) is 0 Å². The van der Waals surface area contributed by atoms with Crippen molar-refractivity contribution in [2.75, 3.05) is 0 Å². The summed E-state index contributed by atoms with van der Waals surface area (Å²) in [4.78, 5) is 0. The van der Waals surface area contributed by atoms with E-state index in [0.717, 1.165) is 0 Å². The van der Waals surface area contributed by atoms with Gasteiger partial charge >= 0.3 is 116 Å². The van der Waals surface area contributed by atoms with Crippen LogP contribution in [0.2, 0.25) is 4.20 Å². The minimum absolute atomic E-state index is 0.0794. The van der Waals surface area contributed by atoms with Gasteiger partial charge in [-0.15, -0.1) is 0 Å². The molecule has 0 aromatic rings.